The predicted octanol–water partition coefficient (Wildman–Crippen LogP) is 2.67. The Morgan fingerprint density at radius 2 is 1.89 bits per heavy atom. The highest BCUT2D eigenvalue weighted by Crippen LogP contribution is 2.32. The van der Waals surface area contributed by atoms with E-state index in [1.165, 1.54) is 27.5 Å². The van der Waals surface area contributed by atoms with Crippen LogP contribution in [0.2, 0.25) is 0 Å². The second-order valence-electron chi connectivity index (χ2n) is 5.69. The molecule has 0 N–H and O–H groups in total. The number of hydrogen-bond acceptors (Lipinski definition) is 8. The van der Waals surface area contributed by atoms with Crippen LogP contribution in [0.1, 0.15) is 44.4 Å². The molecule has 0 bridgehead atoms. The van der Waals surface area contributed by atoms with Crippen LogP contribution in [0.15, 0.2) is 35.6 Å². The normalized spacial score (nSPS) is 14.3. The van der Waals surface area contributed by atoms with E-state index in [4.69, 9.17) is 5.26 Å². The van der Waals surface area contributed by atoms with Crippen LogP contribution in [0.25, 0.3) is 5.13 Å². The van der Waals surface area contributed by atoms with Crippen LogP contribution in [0.3, 0.4) is 0 Å². The van der Waals surface area contributed by atoms with Crippen molar-refractivity contribution in [3.8, 4) is 11.2 Å². The third-order valence-electron chi connectivity index (χ3n) is 4.17. The van der Waals surface area contributed by atoms with Gasteiger partial charge in [0.05, 0.1) is 23.4 Å². The lowest BCUT2D eigenvalue weighted by Crippen LogP contribution is -2.34. The van der Waals surface area contributed by atoms with E-state index in [1.807, 2.05) is 12.3 Å². The average Bonchev–Trinajstić information content (AvgIpc) is 3.39. The fourth-order valence-corrected chi connectivity index (χ4v) is 3.91. The van der Waals surface area contributed by atoms with Crippen LogP contribution in [0.5, 0.6) is 0 Å². The van der Waals surface area contributed by atoms with E-state index in [1.54, 1.807) is 31.2 Å². The summed E-state index contributed by atoms with van der Waals surface area (Å²) >= 11 is 2.50. The molecule has 4 rings (SSSR count). The third kappa shape index (κ3) is 2.72. The minimum Gasteiger partial charge on any atom is -0.269 e. The molecular formula is C17H12N6O2S2. The van der Waals surface area contributed by atoms with Crippen LogP contribution in [-0.2, 0) is 0 Å². The molecule has 1 aliphatic rings. The second kappa shape index (κ2) is 6.61. The van der Waals surface area contributed by atoms with Gasteiger partial charge in [0.1, 0.15) is 10.9 Å². The van der Waals surface area contributed by atoms with Crippen LogP contribution in [0, 0.1) is 11.3 Å². The summed E-state index contributed by atoms with van der Waals surface area (Å²) in [4.78, 5) is 35.9. The number of hydrogen-bond donors (Lipinski definition) is 0. The highest BCUT2D eigenvalue weighted by molar-refractivity contribution is 7.98. The molecule has 1 unspecified atom stereocenters. The molecular weight excluding hydrogens is 384 g/mol. The molecule has 0 radical (unpaired) electrons. The van der Waals surface area contributed by atoms with Crippen molar-refractivity contribution in [1.29, 1.82) is 5.26 Å². The average molecular weight is 396 g/mol. The summed E-state index contributed by atoms with van der Waals surface area (Å²) in [6, 6.07) is 8.12. The number of nitrogens with zero attached hydrogens (tertiary/aromatic N) is 6. The van der Waals surface area contributed by atoms with Crippen LogP contribution in [0.4, 0.5) is 0 Å². The molecule has 1 aliphatic heterocycles. The second-order valence-corrected chi connectivity index (χ2v) is 7.47. The number of amides is 2. The maximum atomic E-state index is 12.8. The molecule has 27 heavy (non-hydrogen) atoms. The van der Waals surface area contributed by atoms with Crippen molar-refractivity contribution < 1.29 is 9.59 Å². The molecule has 3 heterocycles. The fourth-order valence-electron chi connectivity index (χ4n) is 2.89. The number of imide groups is 1. The number of benzene rings is 1. The van der Waals surface area contributed by atoms with E-state index in [-0.39, 0.29) is 11.8 Å². The first kappa shape index (κ1) is 17.4. The minimum absolute atomic E-state index is 0.361. The number of rotatable bonds is 4. The van der Waals surface area contributed by atoms with Gasteiger partial charge in [-0.25, -0.2) is 9.97 Å². The van der Waals surface area contributed by atoms with Gasteiger partial charge in [-0.2, -0.15) is 9.94 Å². The van der Waals surface area contributed by atoms with Crippen molar-refractivity contribution in [2.24, 2.45) is 0 Å². The molecule has 8 nitrogen and oxygen atoms in total. The van der Waals surface area contributed by atoms with E-state index in [0.717, 1.165) is 11.3 Å². The van der Waals surface area contributed by atoms with Crippen molar-refractivity contribution in [3.63, 3.8) is 0 Å². The Balaban J connectivity index is 1.78. The predicted molar refractivity (Wildman–Crippen MR) is 98.9 cm³/mol. The quantitative estimate of drug-likeness (QED) is 0.493. The minimum atomic E-state index is -0.653. The number of nitriles is 1. The molecule has 1 atom stereocenters. The number of carbonyl (C=O) groups is 2. The summed E-state index contributed by atoms with van der Waals surface area (Å²) in [5.41, 5.74) is 0.762. The fraction of sp³-hybridized carbons (Fsp3) is 0.176. The van der Waals surface area contributed by atoms with E-state index < -0.39 is 6.04 Å². The molecule has 0 spiro atoms. The van der Waals surface area contributed by atoms with E-state index in [0.29, 0.717) is 32.1 Å². The highest BCUT2D eigenvalue weighted by atomic mass is 32.2. The lowest BCUT2D eigenvalue weighted by Gasteiger charge is -2.21. The maximum absolute atomic E-state index is 12.8. The Kier molecular flexibility index (Phi) is 4.25. The SMILES string of the molecule is CSc1nc(C(C)N2C(=O)c3ccccc3C2=O)n(-c2ncc(C#N)s2)n1. The van der Waals surface area contributed by atoms with Crippen molar-refractivity contribution in [1.82, 2.24) is 24.6 Å². The topological polar surface area (TPSA) is 105 Å². The van der Waals surface area contributed by atoms with Crippen LogP contribution in [-0.4, -0.2) is 42.7 Å². The Morgan fingerprint density at radius 3 is 2.44 bits per heavy atom. The highest BCUT2D eigenvalue weighted by Gasteiger charge is 2.40. The van der Waals surface area contributed by atoms with Gasteiger partial charge in [-0.1, -0.05) is 35.2 Å². The van der Waals surface area contributed by atoms with Gasteiger partial charge in [-0.3, -0.25) is 14.5 Å². The molecule has 3 aromatic rings. The third-order valence-corrected chi connectivity index (χ3v) is 5.58. The Hall–Kier alpha value is -3.03. The first-order valence-corrected chi connectivity index (χ1v) is 9.93. The molecule has 10 heteroatoms. The zero-order chi connectivity index (χ0) is 19.1. The first-order chi connectivity index (χ1) is 13.0. The number of thioether (sulfide) groups is 1. The van der Waals surface area contributed by atoms with Gasteiger partial charge < -0.3 is 0 Å². The van der Waals surface area contributed by atoms with E-state index in [2.05, 4.69) is 15.1 Å². The van der Waals surface area contributed by atoms with E-state index >= 15 is 0 Å². The molecule has 2 amide bonds. The molecule has 1 aromatic carbocycles. The summed E-state index contributed by atoms with van der Waals surface area (Å²) in [5.74, 6) is -0.312. The monoisotopic (exact) mass is 396 g/mol. The van der Waals surface area contributed by atoms with Gasteiger partial charge in [0.2, 0.25) is 10.3 Å². The zero-order valence-electron chi connectivity index (χ0n) is 14.3. The van der Waals surface area contributed by atoms with Crippen LogP contribution >= 0.6 is 23.1 Å². The Bertz CT molecular complexity index is 1080. The molecule has 0 fully saturated rings. The lowest BCUT2D eigenvalue weighted by molar-refractivity contribution is 0.0587. The molecule has 0 saturated heterocycles. The number of thiazole rings is 1. The molecule has 0 aliphatic carbocycles. The van der Waals surface area contributed by atoms with Crippen molar-refractivity contribution >= 4 is 34.9 Å². The number of aromatic nitrogens is 4. The summed E-state index contributed by atoms with van der Waals surface area (Å²) in [6.07, 6.45) is 3.29. The number of fused-ring (bicyclic) bond motifs is 1. The maximum Gasteiger partial charge on any atom is 0.262 e. The van der Waals surface area contributed by atoms with Gasteiger partial charge in [-0.05, 0) is 25.3 Å². The van der Waals surface area contributed by atoms with Crippen LogP contribution < -0.4 is 0 Å². The van der Waals surface area contributed by atoms with E-state index in [9.17, 15) is 9.59 Å². The van der Waals surface area contributed by atoms with Gasteiger partial charge in [0.25, 0.3) is 11.8 Å². The van der Waals surface area contributed by atoms with Gasteiger partial charge in [0, 0.05) is 0 Å². The molecule has 0 saturated carbocycles. The van der Waals surface area contributed by atoms with Crippen molar-refractivity contribution in [3.05, 3.63) is 52.3 Å². The Morgan fingerprint density at radius 1 is 1.22 bits per heavy atom. The van der Waals surface area contributed by atoms with Gasteiger partial charge >= 0.3 is 0 Å². The first-order valence-electron chi connectivity index (χ1n) is 7.89. The summed E-state index contributed by atoms with van der Waals surface area (Å²) in [5, 5.41) is 14.4. The van der Waals surface area contributed by atoms with Gasteiger partial charge in [-0.15, -0.1) is 5.10 Å². The molecule has 134 valence electrons. The lowest BCUT2D eigenvalue weighted by atomic mass is 10.1. The van der Waals surface area contributed by atoms with Crippen molar-refractivity contribution in [2.45, 2.75) is 18.1 Å². The zero-order valence-corrected chi connectivity index (χ0v) is 15.9. The summed E-state index contributed by atoms with van der Waals surface area (Å²) in [6.45, 7) is 1.73. The number of carbonyl (C=O) groups excluding carboxylic acids is 2. The largest absolute Gasteiger partial charge is 0.269 e. The smallest absolute Gasteiger partial charge is 0.262 e. The van der Waals surface area contributed by atoms with Crippen molar-refractivity contribution in [2.75, 3.05) is 6.26 Å². The summed E-state index contributed by atoms with van der Waals surface area (Å²) in [7, 11) is 0. The summed E-state index contributed by atoms with van der Waals surface area (Å²) < 4.78 is 1.49. The van der Waals surface area contributed by atoms with Gasteiger partial charge in [0.15, 0.2) is 5.82 Å². The Labute approximate surface area is 162 Å². The molecule has 2 aromatic heterocycles. The standard InChI is InChI=1S/C17H12N6O2S2/c1-9(22-14(24)11-5-3-4-6-12(11)15(22)25)13-20-16(26-2)21-23(13)17-19-8-10(7-18)27-17/h3-6,8-9H,1-2H3.